The molecule has 0 aliphatic heterocycles. The van der Waals surface area contributed by atoms with Crippen LogP contribution >= 0.6 is 0 Å². The lowest BCUT2D eigenvalue weighted by Gasteiger charge is -2.23. The zero-order chi connectivity index (χ0) is 8.91. The molecule has 66 valence electrons. The smallest absolute Gasteiger partial charge is 0.307 e. The largest absolute Gasteiger partial charge is 0.469 e. The molecule has 0 aliphatic carbocycles. The molecule has 0 atom stereocenters. The minimum Gasteiger partial charge on any atom is -0.469 e. The third-order valence-electron chi connectivity index (χ3n) is 1.47. The van der Waals surface area contributed by atoms with E-state index in [1.165, 1.54) is 7.11 Å². The molecule has 0 rings (SSSR count). The van der Waals surface area contributed by atoms with Gasteiger partial charge in [-0.05, 0) is 20.4 Å². The maximum atomic E-state index is 10.8. The molecule has 0 aromatic rings. The first kappa shape index (κ1) is 10.4. The van der Waals surface area contributed by atoms with Crippen molar-refractivity contribution >= 4 is 5.97 Å². The highest BCUT2D eigenvalue weighted by molar-refractivity contribution is 5.70. The average molecular weight is 159 g/mol. The van der Waals surface area contributed by atoms with Gasteiger partial charge in [0.2, 0.25) is 0 Å². The summed E-state index contributed by atoms with van der Waals surface area (Å²) in [6.45, 7) is 6.84. The second-order valence-corrected chi connectivity index (χ2v) is 3.17. The second kappa shape index (κ2) is 4.34. The van der Waals surface area contributed by atoms with Gasteiger partial charge in [-0.25, -0.2) is 0 Å². The quantitative estimate of drug-likeness (QED) is 0.620. The summed E-state index contributed by atoms with van der Waals surface area (Å²) in [6, 6.07) is 0. The van der Waals surface area contributed by atoms with Crippen molar-refractivity contribution in [3.63, 3.8) is 0 Å². The Morgan fingerprint density at radius 3 is 2.45 bits per heavy atom. The number of hydrogen-bond acceptors (Lipinski definition) is 3. The van der Waals surface area contributed by atoms with Crippen molar-refractivity contribution in [2.45, 2.75) is 32.7 Å². The van der Waals surface area contributed by atoms with Gasteiger partial charge in [-0.2, -0.15) is 0 Å². The number of carbonyl (C=O) groups excluding carboxylic acids is 1. The zero-order valence-electron chi connectivity index (χ0n) is 7.73. The van der Waals surface area contributed by atoms with Crippen molar-refractivity contribution in [3.05, 3.63) is 0 Å². The zero-order valence-corrected chi connectivity index (χ0v) is 7.73. The van der Waals surface area contributed by atoms with E-state index in [1.54, 1.807) is 0 Å². The summed E-state index contributed by atoms with van der Waals surface area (Å²) in [5.41, 5.74) is -0.151. The number of ether oxygens (including phenoxy) is 1. The van der Waals surface area contributed by atoms with Gasteiger partial charge in [0.1, 0.15) is 0 Å². The van der Waals surface area contributed by atoms with Crippen LogP contribution in [0.3, 0.4) is 0 Å². The molecule has 0 spiro atoms. The minimum atomic E-state index is -0.170. The van der Waals surface area contributed by atoms with Gasteiger partial charge < -0.3 is 10.1 Å². The molecule has 3 nitrogen and oxygen atoms in total. The Balaban J connectivity index is 3.80. The van der Waals surface area contributed by atoms with Gasteiger partial charge in [0, 0.05) is 5.54 Å². The number of hydrogen-bond donors (Lipinski definition) is 1. The molecule has 0 unspecified atom stereocenters. The van der Waals surface area contributed by atoms with Gasteiger partial charge in [-0.15, -0.1) is 0 Å². The minimum absolute atomic E-state index is 0.151. The van der Waals surface area contributed by atoms with Gasteiger partial charge in [0.15, 0.2) is 0 Å². The molecule has 0 bridgehead atoms. The maximum Gasteiger partial charge on any atom is 0.307 e. The van der Waals surface area contributed by atoms with Gasteiger partial charge in [0.25, 0.3) is 0 Å². The first-order chi connectivity index (χ1) is 5.02. The summed E-state index contributed by atoms with van der Waals surface area (Å²) in [4.78, 5) is 10.8. The Labute approximate surface area is 68.1 Å². The lowest BCUT2D eigenvalue weighted by Crippen LogP contribution is -2.41. The van der Waals surface area contributed by atoms with E-state index in [0.717, 1.165) is 6.54 Å². The molecular formula is C8H17NO2. The molecule has 1 N–H and O–H groups in total. The summed E-state index contributed by atoms with van der Waals surface area (Å²) in [6.07, 6.45) is 0.414. The summed E-state index contributed by atoms with van der Waals surface area (Å²) >= 11 is 0. The van der Waals surface area contributed by atoms with Crippen LogP contribution in [0, 0.1) is 0 Å². The molecule has 0 radical (unpaired) electrons. The normalized spacial score (nSPS) is 11.3. The predicted molar refractivity (Wildman–Crippen MR) is 44.4 cm³/mol. The van der Waals surface area contributed by atoms with Crippen molar-refractivity contribution < 1.29 is 9.53 Å². The summed E-state index contributed by atoms with van der Waals surface area (Å²) in [5.74, 6) is -0.170. The van der Waals surface area contributed by atoms with Gasteiger partial charge >= 0.3 is 5.97 Å². The SMILES string of the molecule is CCNC(C)(C)CC(=O)OC. The molecule has 0 aliphatic rings. The highest BCUT2D eigenvalue weighted by atomic mass is 16.5. The van der Waals surface area contributed by atoms with Crippen LogP contribution in [-0.2, 0) is 9.53 Å². The lowest BCUT2D eigenvalue weighted by molar-refractivity contribution is -0.142. The van der Waals surface area contributed by atoms with E-state index in [-0.39, 0.29) is 11.5 Å². The summed E-state index contributed by atoms with van der Waals surface area (Å²) in [7, 11) is 1.41. The first-order valence-electron chi connectivity index (χ1n) is 3.83. The van der Waals surface area contributed by atoms with Crippen LogP contribution in [0.4, 0.5) is 0 Å². The molecule has 0 saturated carbocycles. The molecule has 0 heterocycles. The standard InChI is InChI=1S/C8H17NO2/c1-5-9-8(2,3)6-7(10)11-4/h9H,5-6H2,1-4H3. The molecule has 3 heteroatoms. The third-order valence-corrected chi connectivity index (χ3v) is 1.47. The first-order valence-corrected chi connectivity index (χ1v) is 3.83. The third kappa shape index (κ3) is 4.79. The van der Waals surface area contributed by atoms with Gasteiger partial charge in [-0.3, -0.25) is 4.79 Å². The Morgan fingerprint density at radius 2 is 2.09 bits per heavy atom. The average Bonchev–Trinajstić information content (AvgIpc) is 1.86. The molecule has 0 saturated heterocycles. The Hall–Kier alpha value is -0.570. The Bertz CT molecular complexity index is 132. The number of methoxy groups -OCH3 is 1. The number of rotatable bonds is 4. The van der Waals surface area contributed by atoms with Crippen molar-refractivity contribution in [1.82, 2.24) is 5.32 Å². The van der Waals surface area contributed by atoms with Gasteiger partial charge in [-0.1, -0.05) is 6.92 Å². The van der Waals surface area contributed by atoms with E-state index in [2.05, 4.69) is 10.1 Å². The van der Waals surface area contributed by atoms with E-state index in [0.29, 0.717) is 6.42 Å². The molecule has 0 aromatic carbocycles. The van der Waals surface area contributed by atoms with E-state index in [9.17, 15) is 4.79 Å². The predicted octanol–water partition coefficient (Wildman–Crippen LogP) is 0.938. The maximum absolute atomic E-state index is 10.8. The Kier molecular flexibility index (Phi) is 4.11. The number of nitrogens with one attached hydrogen (secondary N) is 1. The van der Waals surface area contributed by atoms with Crippen molar-refractivity contribution in [2.75, 3.05) is 13.7 Å². The van der Waals surface area contributed by atoms with Crippen LogP contribution in [0.15, 0.2) is 0 Å². The highest BCUT2D eigenvalue weighted by Crippen LogP contribution is 2.08. The number of esters is 1. The highest BCUT2D eigenvalue weighted by Gasteiger charge is 2.20. The lowest BCUT2D eigenvalue weighted by atomic mass is 10.0. The van der Waals surface area contributed by atoms with Gasteiger partial charge in [0.05, 0.1) is 13.5 Å². The monoisotopic (exact) mass is 159 g/mol. The van der Waals surface area contributed by atoms with Crippen LogP contribution in [-0.4, -0.2) is 25.2 Å². The Morgan fingerprint density at radius 1 is 1.55 bits per heavy atom. The van der Waals surface area contributed by atoms with Crippen LogP contribution in [0.2, 0.25) is 0 Å². The van der Waals surface area contributed by atoms with Crippen molar-refractivity contribution in [3.8, 4) is 0 Å². The van der Waals surface area contributed by atoms with E-state index in [1.807, 2.05) is 20.8 Å². The van der Waals surface area contributed by atoms with E-state index in [4.69, 9.17) is 0 Å². The molecule has 0 aromatic heterocycles. The molecule has 11 heavy (non-hydrogen) atoms. The summed E-state index contributed by atoms with van der Waals surface area (Å²) < 4.78 is 4.55. The fourth-order valence-corrected chi connectivity index (χ4v) is 0.974. The second-order valence-electron chi connectivity index (χ2n) is 3.17. The molecular weight excluding hydrogens is 142 g/mol. The van der Waals surface area contributed by atoms with E-state index >= 15 is 0 Å². The van der Waals surface area contributed by atoms with Crippen molar-refractivity contribution in [2.24, 2.45) is 0 Å². The van der Waals surface area contributed by atoms with Crippen LogP contribution in [0.25, 0.3) is 0 Å². The van der Waals surface area contributed by atoms with Crippen LogP contribution in [0.5, 0.6) is 0 Å². The fourth-order valence-electron chi connectivity index (χ4n) is 0.974. The topological polar surface area (TPSA) is 38.3 Å². The molecule has 0 amide bonds. The fraction of sp³-hybridized carbons (Fsp3) is 0.875. The van der Waals surface area contributed by atoms with E-state index < -0.39 is 0 Å². The van der Waals surface area contributed by atoms with Crippen LogP contribution in [0.1, 0.15) is 27.2 Å². The summed E-state index contributed by atoms with van der Waals surface area (Å²) in [5, 5.41) is 3.19. The molecule has 0 fully saturated rings. The van der Waals surface area contributed by atoms with Crippen LogP contribution < -0.4 is 5.32 Å². The van der Waals surface area contributed by atoms with Crippen molar-refractivity contribution in [1.29, 1.82) is 0 Å². The number of carbonyl (C=O) groups is 1.